The number of carbonyl (C=O) groups excluding carboxylic acids is 1. The highest BCUT2D eigenvalue weighted by atomic mass is 16.6. The minimum Gasteiger partial charge on any atom is -0.461 e. The molecule has 26 heavy (non-hydrogen) atoms. The number of carbonyl (C=O) groups is 1. The topological polar surface area (TPSA) is 59.1 Å². The highest BCUT2D eigenvalue weighted by molar-refractivity contribution is 5.66. The van der Waals surface area contributed by atoms with Crippen LogP contribution in [-0.4, -0.2) is 35.0 Å². The second kappa shape index (κ2) is 8.53. The van der Waals surface area contributed by atoms with Crippen LogP contribution in [0.1, 0.15) is 73.1 Å². The number of rotatable bonds is 2. The Hall–Kier alpha value is -1.39. The van der Waals surface area contributed by atoms with Gasteiger partial charge in [-0.1, -0.05) is 23.8 Å². The molecule has 3 atom stereocenters. The second-order valence-corrected chi connectivity index (χ2v) is 8.32. The Morgan fingerprint density at radius 3 is 2.73 bits per heavy atom. The fourth-order valence-electron chi connectivity index (χ4n) is 3.44. The zero-order valence-electron chi connectivity index (χ0n) is 16.9. The van der Waals surface area contributed by atoms with Crippen molar-refractivity contribution in [3.8, 4) is 0 Å². The number of esters is 1. The minimum atomic E-state index is -0.866. The van der Waals surface area contributed by atoms with Crippen LogP contribution in [0, 0.1) is 0 Å². The van der Waals surface area contributed by atoms with Crippen LogP contribution in [0.2, 0.25) is 0 Å². The van der Waals surface area contributed by atoms with E-state index in [1.165, 1.54) is 12.5 Å². The van der Waals surface area contributed by atoms with Gasteiger partial charge in [-0.2, -0.15) is 0 Å². The lowest BCUT2D eigenvalue weighted by atomic mass is 9.90. The fourth-order valence-corrected chi connectivity index (χ4v) is 3.44. The van der Waals surface area contributed by atoms with Crippen LogP contribution in [-0.2, 0) is 14.3 Å². The van der Waals surface area contributed by atoms with Crippen LogP contribution < -0.4 is 0 Å². The molecule has 1 fully saturated rings. The third-order valence-electron chi connectivity index (χ3n) is 5.55. The number of ether oxygens (including phenoxy) is 2. The van der Waals surface area contributed by atoms with Gasteiger partial charge in [-0.3, -0.25) is 4.79 Å². The summed E-state index contributed by atoms with van der Waals surface area (Å²) in [5, 5.41) is 10.7. The van der Waals surface area contributed by atoms with Crippen LogP contribution in [0.25, 0.3) is 0 Å². The molecule has 1 saturated heterocycles. The summed E-state index contributed by atoms with van der Waals surface area (Å²) >= 11 is 0. The van der Waals surface area contributed by atoms with Gasteiger partial charge in [0.25, 0.3) is 0 Å². The Balaban J connectivity index is 2.18. The summed E-state index contributed by atoms with van der Waals surface area (Å²) in [6, 6.07) is 0. The van der Waals surface area contributed by atoms with Gasteiger partial charge < -0.3 is 14.6 Å². The summed E-state index contributed by atoms with van der Waals surface area (Å²) in [5.74, 6) is -0.273. The Kier molecular flexibility index (Phi) is 6.86. The molecule has 3 unspecified atom stereocenters. The van der Waals surface area contributed by atoms with Crippen LogP contribution in [0.3, 0.4) is 0 Å². The molecule has 1 N–H and O–H groups in total. The minimum absolute atomic E-state index is 0.0215. The van der Waals surface area contributed by atoms with E-state index in [1.807, 2.05) is 26.0 Å². The highest BCUT2D eigenvalue weighted by Gasteiger charge is 2.51. The van der Waals surface area contributed by atoms with Gasteiger partial charge in [0.15, 0.2) is 0 Å². The van der Waals surface area contributed by atoms with E-state index in [0.29, 0.717) is 13.0 Å². The normalized spacial score (nSPS) is 35.0. The van der Waals surface area contributed by atoms with Crippen molar-refractivity contribution >= 4 is 5.97 Å². The van der Waals surface area contributed by atoms with Gasteiger partial charge in [0.1, 0.15) is 6.61 Å². The van der Waals surface area contributed by atoms with E-state index in [9.17, 15) is 9.90 Å². The van der Waals surface area contributed by atoms with Crippen molar-refractivity contribution in [3.63, 3.8) is 0 Å². The second-order valence-electron chi connectivity index (χ2n) is 8.32. The smallest absolute Gasteiger partial charge is 0.302 e. The van der Waals surface area contributed by atoms with Gasteiger partial charge in [0.2, 0.25) is 0 Å². The SMILES string of the molecule is CC(=O)OCC(C)=C1C=CC(C)(O)CCC2OC2(C)CCC=C(C)CC1. The van der Waals surface area contributed by atoms with Crippen molar-refractivity contribution in [2.24, 2.45) is 0 Å². The third-order valence-corrected chi connectivity index (χ3v) is 5.55. The molecule has 146 valence electrons. The number of fused-ring (bicyclic) bond motifs is 1. The molecule has 0 saturated carbocycles. The van der Waals surface area contributed by atoms with Crippen LogP contribution in [0.4, 0.5) is 0 Å². The standard InChI is InChI=1S/C22H34O4/c1-16-7-6-12-22(5)20(26-22)11-14-21(4,24)13-10-19(9-8-16)17(2)15-25-18(3)23/h7,10,13,20,24H,6,8-9,11-12,14-15H2,1-5H3. The molecule has 2 aliphatic rings. The van der Waals surface area contributed by atoms with E-state index in [1.54, 1.807) is 0 Å². The number of allylic oxidation sites excluding steroid dienone is 4. The summed E-state index contributed by atoms with van der Waals surface area (Å²) < 4.78 is 11.1. The fraction of sp³-hybridized carbons (Fsp3) is 0.682. The highest BCUT2D eigenvalue weighted by Crippen LogP contribution is 2.44. The predicted octanol–water partition coefficient (Wildman–Crippen LogP) is 4.63. The molecular weight excluding hydrogens is 328 g/mol. The van der Waals surface area contributed by atoms with E-state index < -0.39 is 5.60 Å². The number of epoxide rings is 1. The molecule has 1 heterocycles. The van der Waals surface area contributed by atoms with Crippen molar-refractivity contribution in [2.75, 3.05) is 6.61 Å². The van der Waals surface area contributed by atoms with Crippen molar-refractivity contribution in [1.29, 1.82) is 0 Å². The van der Waals surface area contributed by atoms with E-state index in [-0.39, 0.29) is 17.7 Å². The lowest BCUT2D eigenvalue weighted by molar-refractivity contribution is -0.139. The van der Waals surface area contributed by atoms with Crippen LogP contribution >= 0.6 is 0 Å². The molecule has 1 aliphatic carbocycles. The Labute approximate surface area is 158 Å². The molecule has 1 aliphatic heterocycles. The van der Waals surface area contributed by atoms with Crippen molar-refractivity contribution in [1.82, 2.24) is 0 Å². The monoisotopic (exact) mass is 362 g/mol. The van der Waals surface area contributed by atoms with E-state index in [4.69, 9.17) is 9.47 Å². The Morgan fingerprint density at radius 1 is 1.31 bits per heavy atom. The quantitative estimate of drug-likeness (QED) is 0.442. The van der Waals surface area contributed by atoms with E-state index in [2.05, 4.69) is 19.9 Å². The average Bonchev–Trinajstić information content (AvgIpc) is 3.20. The van der Waals surface area contributed by atoms with Gasteiger partial charge >= 0.3 is 5.97 Å². The number of hydrogen-bond donors (Lipinski definition) is 1. The molecule has 0 aromatic heterocycles. The summed E-state index contributed by atoms with van der Waals surface area (Å²) in [4.78, 5) is 11.1. The molecule has 0 radical (unpaired) electrons. The molecule has 2 rings (SSSR count). The van der Waals surface area contributed by atoms with Crippen LogP contribution in [0.15, 0.2) is 34.9 Å². The largest absolute Gasteiger partial charge is 0.461 e. The summed E-state index contributed by atoms with van der Waals surface area (Å²) in [6.07, 6.45) is 11.9. The average molecular weight is 363 g/mol. The predicted molar refractivity (Wildman–Crippen MR) is 104 cm³/mol. The first-order chi connectivity index (χ1) is 12.1. The Bertz CT molecular complexity index is 612. The Morgan fingerprint density at radius 2 is 2.04 bits per heavy atom. The zero-order chi connectivity index (χ0) is 19.4. The molecule has 0 spiro atoms. The van der Waals surface area contributed by atoms with Gasteiger partial charge in [0.05, 0.1) is 17.3 Å². The lowest BCUT2D eigenvalue weighted by Crippen LogP contribution is -2.22. The number of hydrogen-bond acceptors (Lipinski definition) is 4. The third kappa shape index (κ3) is 6.40. The maximum Gasteiger partial charge on any atom is 0.302 e. The molecule has 4 heteroatoms. The molecule has 0 aromatic carbocycles. The maximum absolute atomic E-state index is 11.1. The number of aliphatic hydroxyl groups is 1. The summed E-state index contributed by atoms with van der Waals surface area (Å²) in [5.41, 5.74) is 2.64. The van der Waals surface area contributed by atoms with Crippen molar-refractivity contribution in [2.45, 2.75) is 90.4 Å². The zero-order valence-corrected chi connectivity index (χ0v) is 16.9. The molecule has 0 aromatic rings. The maximum atomic E-state index is 11.1. The van der Waals surface area contributed by atoms with Gasteiger partial charge in [-0.25, -0.2) is 0 Å². The first-order valence-electron chi connectivity index (χ1n) is 9.68. The van der Waals surface area contributed by atoms with Crippen LogP contribution in [0.5, 0.6) is 0 Å². The van der Waals surface area contributed by atoms with Gasteiger partial charge in [-0.15, -0.1) is 0 Å². The first-order valence-corrected chi connectivity index (χ1v) is 9.68. The molecule has 4 nitrogen and oxygen atoms in total. The van der Waals surface area contributed by atoms with Gasteiger partial charge in [0, 0.05) is 6.92 Å². The first kappa shape index (κ1) is 20.9. The van der Waals surface area contributed by atoms with Gasteiger partial charge in [-0.05, 0) is 77.4 Å². The molecule has 0 bridgehead atoms. The summed E-state index contributed by atoms with van der Waals surface area (Å²) in [7, 11) is 0. The van der Waals surface area contributed by atoms with E-state index in [0.717, 1.165) is 43.3 Å². The van der Waals surface area contributed by atoms with E-state index >= 15 is 0 Å². The molecular formula is C22H34O4. The van der Waals surface area contributed by atoms with Crippen molar-refractivity contribution < 1.29 is 19.4 Å². The lowest BCUT2D eigenvalue weighted by Gasteiger charge is -2.20. The van der Waals surface area contributed by atoms with Crippen molar-refractivity contribution in [3.05, 3.63) is 34.9 Å². The molecule has 0 amide bonds. The summed E-state index contributed by atoms with van der Waals surface area (Å²) in [6.45, 7) is 9.90.